The minimum atomic E-state index is 0.841. The van der Waals surface area contributed by atoms with Crippen molar-refractivity contribution in [3.05, 3.63) is 35.6 Å². The van der Waals surface area contributed by atoms with Gasteiger partial charge in [0, 0.05) is 37.1 Å². The number of hydrogen-bond donors (Lipinski definition) is 1. The molecule has 0 radical (unpaired) electrons. The van der Waals surface area contributed by atoms with Gasteiger partial charge in [0.05, 0.1) is 0 Å². The van der Waals surface area contributed by atoms with E-state index < -0.39 is 0 Å². The van der Waals surface area contributed by atoms with Gasteiger partial charge < -0.3 is 14.5 Å². The molecule has 0 bridgehead atoms. The highest BCUT2D eigenvalue weighted by atomic mass is 16.5. The van der Waals surface area contributed by atoms with Gasteiger partial charge in [-0.15, -0.1) is 0 Å². The van der Waals surface area contributed by atoms with E-state index in [1.54, 1.807) is 0 Å². The number of hydrogen-bond acceptors (Lipinski definition) is 3. The van der Waals surface area contributed by atoms with Crippen molar-refractivity contribution in [3.63, 3.8) is 0 Å². The summed E-state index contributed by atoms with van der Waals surface area (Å²) in [5, 5.41) is 4.73. The number of rotatable bonds is 9. The van der Waals surface area contributed by atoms with Gasteiger partial charge in [0.2, 0.25) is 0 Å². The SMILES string of the molecule is CCCOCCCNCc1c(CC)oc2ccccc12. The van der Waals surface area contributed by atoms with E-state index in [9.17, 15) is 0 Å². The number of furan rings is 1. The molecule has 1 heterocycles. The Morgan fingerprint density at radius 1 is 1.15 bits per heavy atom. The van der Waals surface area contributed by atoms with Gasteiger partial charge in [-0.3, -0.25) is 0 Å². The molecule has 0 amide bonds. The van der Waals surface area contributed by atoms with Crippen molar-refractivity contribution in [2.24, 2.45) is 0 Å². The van der Waals surface area contributed by atoms with E-state index in [0.29, 0.717) is 0 Å². The van der Waals surface area contributed by atoms with Crippen LogP contribution < -0.4 is 5.32 Å². The number of nitrogens with one attached hydrogen (secondary N) is 1. The highest BCUT2D eigenvalue weighted by Crippen LogP contribution is 2.26. The highest BCUT2D eigenvalue weighted by Gasteiger charge is 2.11. The van der Waals surface area contributed by atoms with E-state index in [1.165, 1.54) is 10.9 Å². The lowest BCUT2D eigenvalue weighted by Gasteiger charge is -2.06. The monoisotopic (exact) mass is 275 g/mol. The summed E-state index contributed by atoms with van der Waals surface area (Å²) in [6, 6.07) is 8.27. The normalized spacial score (nSPS) is 11.3. The summed E-state index contributed by atoms with van der Waals surface area (Å²) in [6.07, 6.45) is 3.08. The predicted molar refractivity (Wildman–Crippen MR) is 83.0 cm³/mol. The lowest BCUT2D eigenvalue weighted by molar-refractivity contribution is 0.132. The molecular formula is C17H25NO2. The van der Waals surface area contributed by atoms with Gasteiger partial charge >= 0.3 is 0 Å². The van der Waals surface area contributed by atoms with Crippen LogP contribution in [0.5, 0.6) is 0 Å². The third-order valence-corrected chi connectivity index (χ3v) is 3.40. The molecule has 0 aliphatic rings. The predicted octanol–water partition coefficient (Wildman–Crippen LogP) is 3.90. The van der Waals surface area contributed by atoms with Crippen LogP contribution in [0.2, 0.25) is 0 Å². The number of fused-ring (bicyclic) bond motifs is 1. The van der Waals surface area contributed by atoms with Gasteiger partial charge in [-0.1, -0.05) is 32.0 Å². The number of ether oxygens (including phenoxy) is 1. The van der Waals surface area contributed by atoms with E-state index in [1.807, 2.05) is 12.1 Å². The van der Waals surface area contributed by atoms with Gasteiger partial charge in [-0.25, -0.2) is 0 Å². The first kappa shape index (κ1) is 15.1. The number of benzene rings is 1. The zero-order chi connectivity index (χ0) is 14.2. The van der Waals surface area contributed by atoms with Crippen LogP contribution >= 0.6 is 0 Å². The topological polar surface area (TPSA) is 34.4 Å². The third kappa shape index (κ3) is 3.84. The van der Waals surface area contributed by atoms with E-state index in [2.05, 4.69) is 31.3 Å². The molecular weight excluding hydrogens is 250 g/mol. The Labute approximate surface area is 121 Å². The van der Waals surface area contributed by atoms with Gasteiger partial charge in [-0.05, 0) is 25.5 Å². The summed E-state index contributed by atoms with van der Waals surface area (Å²) in [5.41, 5.74) is 2.30. The van der Waals surface area contributed by atoms with Crippen molar-refractivity contribution in [3.8, 4) is 0 Å². The van der Waals surface area contributed by atoms with Crippen LogP contribution in [0.4, 0.5) is 0 Å². The Hall–Kier alpha value is -1.32. The first-order chi connectivity index (χ1) is 9.86. The van der Waals surface area contributed by atoms with Crippen molar-refractivity contribution in [2.45, 2.75) is 39.7 Å². The molecule has 0 aliphatic heterocycles. The van der Waals surface area contributed by atoms with Gasteiger partial charge in [0.25, 0.3) is 0 Å². The minimum Gasteiger partial charge on any atom is -0.461 e. The van der Waals surface area contributed by atoms with E-state index in [4.69, 9.17) is 9.15 Å². The van der Waals surface area contributed by atoms with Crippen molar-refractivity contribution < 1.29 is 9.15 Å². The molecule has 1 aromatic carbocycles. The van der Waals surface area contributed by atoms with Crippen LogP contribution in [0.1, 0.15) is 38.0 Å². The second kappa shape index (κ2) is 8.08. The standard InChI is InChI=1S/C17H25NO2/c1-3-11-19-12-7-10-18-13-15-14-8-5-6-9-17(14)20-16(15)4-2/h5-6,8-9,18H,3-4,7,10-13H2,1-2H3. The molecule has 0 spiro atoms. The summed E-state index contributed by atoms with van der Waals surface area (Å²) in [6.45, 7) is 7.83. The maximum absolute atomic E-state index is 5.89. The molecule has 0 atom stereocenters. The molecule has 3 nitrogen and oxygen atoms in total. The molecule has 0 aliphatic carbocycles. The Bertz CT molecular complexity index is 519. The molecule has 0 saturated carbocycles. The summed E-state index contributed by atoms with van der Waals surface area (Å²) < 4.78 is 11.4. The maximum Gasteiger partial charge on any atom is 0.134 e. The largest absolute Gasteiger partial charge is 0.461 e. The third-order valence-electron chi connectivity index (χ3n) is 3.40. The lowest BCUT2D eigenvalue weighted by atomic mass is 10.1. The van der Waals surface area contributed by atoms with E-state index >= 15 is 0 Å². The first-order valence-corrected chi connectivity index (χ1v) is 7.64. The summed E-state index contributed by atoms with van der Waals surface area (Å²) in [5.74, 6) is 1.10. The van der Waals surface area contributed by atoms with Gasteiger partial charge in [0.1, 0.15) is 11.3 Å². The molecule has 0 unspecified atom stereocenters. The van der Waals surface area contributed by atoms with Crippen LogP contribution in [-0.2, 0) is 17.7 Å². The Morgan fingerprint density at radius 2 is 2.00 bits per heavy atom. The second-order valence-electron chi connectivity index (χ2n) is 5.00. The quantitative estimate of drug-likeness (QED) is 0.705. The van der Waals surface area contributed by atoms with E-state index in [0.717, 1.165) is 56.9 Å². The molecule has 110 valence electrons. The first-order valence-electron chi connectivity index (χ1n) is 7.64. The smallest absolute Gasteiger partial charge is 0.134 e. The molecule has 2 aromatic rings. The zero-order valence-corrected chi connectivity index (χ0v) is 12.6. The van der Waals surface area contributed by atoms with E-state index in [-0.39, 0.29) is 0 Å². The summed E-state index contributed by atoms with van der Waals surface area (Å²) in [7, 11) is 0. The Morgan fingerprint density at radius 3 is 2.80 bits per heavy atom. The second-order valence-corrected chi connectivity index (χ2v) is 5.00. The number of aryl methyl sites for hydroxylation is 1. The average Bonchev–Trinajstić information content (AvgIpc) is 2.84. The molecule has 1 N–H and O–H groups in total. The van der Waals surface area contributed by atoms with Crippen LogP contribution in [0.15, 0.2) is 28.7 Å². The fraction of sp³-hybridized carbons (Fsp3) is 0.529. The van der Waals surface area contributed by atoms with Crippen LogP contribution in [-0.4, -0.2) is 19.8 Å². The Kier molecular flexibility index (Phi) is 6.09. The van der Waals surface area contributed by atoms with Crippen LogP contribution in [0, 0.1) is 0 Å². The lowest BCUT2D eigenvalue weighted by Crippen LogP contribution is -2.17. The van der Waals surface area contributed by atoms with Crippen LogP contribution in [0.25, 0.3) is 11.0 Å². The molecule has 0 saturated heterocycles. The van der Waals surface area contributed by atoms with Gasteiger partial charge in [-0.2, -0.15) is 0 Å². The summed E-state index contributed by atoms with van der Waals surface area (Å²) >= 11 is 0. The van der Waals surface area contributed by atoms with Crippen molar-refractivity contribution in [2.75, 3.05) is 19.8 Å². The zero-order valence-electron chi connectivity index (χ0n) is 12.6. The van der Waals surface area contributed by atoms with Crippen molar-refractivity contribution in [1.29, 1.82) is 0 Å². The van der Waals surface area contributed by atoms with Crippen LogP contribution in [0.3, 0.4) is 0 Å². The number of para-hydroxylation sites is 1. The molecule has 0 fully saturated rings. The molecule has 3 heteroatoms. The molecule has 2 rings (SSSR count). The minimum absolute atomic E-state index is 0.841. The summed E-state index contributed by atoms with van der Waals surface area (Å²) in [4.78, 5) is 0. The molecule has 1 aromatic heterocycles. The van der Waals surface area contributed by atoms with Crippen molar-refractivity contribution >= 4 is 11.0 Å². The highest BCUT2D eigenvalue weighted by molar-refractivity contribution is 5.82. The van der Waals surface area contributed by atoms with Gasteiger partial charge in [0.15, 0.2) is 0 Å². The molecule has 20 heavy (non-hydrogen) atoms. The fourth-order valence-corrected chi connectivity index (χ4v) is 2.39. The average molecular weight is 275 g/mol. The van der Waals surface area contributed by atoms with Crippen molar-refractivity contribution in [1.82, 2.24) is 5.32 Å². The Balaban J connectivity index is 1.86. The maximum atomic E-state index is 5.89. The fourth-order valence-electron chi connectivity index (χ4n) is 2.39.